The van der Waals surface area contributed by atoms with E-state index in [1.807, 2.05) is 6.07 Å². The largest absolute Gasteiger partial charge is 0.480 e. The van der Waals surface area contributed by atoms with Crippen LogP contribution in [0.4, 0.5) is 0 Å². The number of aliphatic hydroxyl groups is 1. The van der Waals surface area contributed by atoms with Gasteiger partial charge >= 0.3 is 5.97 Å². The average molecular weight is 758 g/mol. The van der Waals surface area contributed by atoms with Crippen LogP contribution in [0.5, 0.6) is 0 Å². The van der Waals surface area contributed by atoms with Gasteiger partial charge in [-0.3, -0.25) is 28.8 Å². The number of likely N-dealkylation sites (tertiary alicyclic amines) is 1. The van der Waals surface area contributed by atoms with Gasteiger partial charge < -0.3 is 47.8 Å². The molecule has 0 unspecified atom stereocenters. The molecule has 16 nitrogen and oxygen atoms in total. The van der Waals surface area contributed by atoms with Gasteiger partial charge in [-0.1, -0.05) is 91.0 Å². The summed E-state index contributed by atoms with van der Waals surface area (Å²) < 4.78 is 0. The summed E-state index contributed by atoms with van der Waals surface area (Å²) in [5, 5.41) is 29.8. The van der Waals surface area contributed by atoms with E-state index in [2.05, 4.69) is 21.3 Å². The van der Waals surface area contributed by atoms with Crippen LogP contribution in [0.15, 0.2) is 91.0 Å². The molecule has 16 heteroatoms. The SMILES string of the molecule is NC(=O)C[C@H](NC(=O)[C@H](Cc1ccccc1)NC(=O)[C@H](CO)NC(=O)[C@@H](N)Cc1ccccc1)C(=O)N1CCC[C@H]1C(=O)N[C@@H](Cc1ccccc1)C(=O)O. The first-order valence-corrected chi connectivity index (χ1v) is 17.9. The number of hydrogen-bond acceptors (Lipinski definition) is 9. The van der Waals surface area contributed by atoms with E-state index in [1.54, 1.807) is 84.9 Å². The second kappa shape index (κ2) is 20.4. The van der Waals surface area contributed by atoms with E-state index in [1.165, 1.54) is 4.90 Å². The van der Waals surface area contributed by atoms with Crippen molar-refractivity contribution in [2.45, 2.75) is 74.8 Å². The summed E-state index contributed by atoms with van der Waals surface area (Å²) in [5.74, 6) is -6.26. The Kier molecular flexibility index (Phi) is 15.4. The molecular formula is C39H47N7O9. The van der Waals surface area contributed by atoms with Crippen molar-refractivity contribution in [3.05, 3.63) is 108 Å². The molecule has 3 aromatic rings. The highest BCUT2D eigenvalue weighted by Gasteiger charge is 2.40. The van der Waals surface area contributed by atoms with E-state index < -0.39 is 90.7 Å². The number of aliphatic carboxylic acids is 1. The minimum Gasteiger partial charge on any atom is -0.480 e. The van der Waals surface area contributed by atoms with Crippen LogP contribution in [-0.2, 0) is 52.8 Å². The van der Waals surface area contributed by atoms with E-state index in [0.29, 0.717) is 17.5 Å². The van der Waals surface area contributed by atoms with E-state index in [9.17, 15) is 43.8 Å². The van der Waals surface area contributed by atoms with Crippen molar-refractivity contribution in [2.75, 3.05) is 13.2 Å². The number of hydrogen-bond donors (Lipinski definition) is 8. The molecule has 1 fully saturated rings. The molecule has 0 radical (unpaired) electrons. The monoisotopic (exact) mass is 757 g/mol. The lowest BCUT2D eigenvalue weighted by Gasteiger charge is -2.30. The van der Waals surface area contributed by atoms with Crippen molar-refractivity contribution in [2.24, 2.45) is 11.5 Å². The Bertz CT molecular complexity index is 1800. The third-order valence-corrected chi connectivity index (χ3v) is 9.12. The number of carbonyl (C=O) groups is 7. The standard InChI is InChI=1S/C39H47N7O9/c40-27(19-24-11-4-1-5-12-24)34(49)45-31(23-47)36(51)42-28(20-25-13-6-2-7-14-25)35(50)43-29(22-33(41)48)38(53)46-18-10-17-32(46)37(52)44-30(39(54)55)21-26-15-8-3-9-16-26/h1-9,11-16,27-32,47H,10,17-23,40H2,(H2,41,48)(H,42,51)(H,43,50)(H,44,52)(H,45,49)(H,54,55)/t27-,28-,29-,30-,31-,32-/m0/s1. The lowest BCUT2D eigenvalue weighted by atomic mass is 10.0. The van der Waals surface area contributed by atoms with Crippen molar-refractivity contribution in [1.82, 2.24) is 26.2 Å². The van der Waals surface area contributed by atoms with E-state index in [-0.39, 0.29) is 32.2 Å². The van der Waals surface area contributed by atoms with Crippen molar-refractivity contribution in [3.63, 3.8) is 0 Å². The topological polar surface area (TPSA) is 263 Å². The smallest absolute Gasteiger partial charge is 0.326 e. The molecule has 1 heterocycles. The van der Waals surface area contributed by atoms with E-state index >= 15 is 0 Å². The van der Waals surface area contributed by atoms with E-state index in [4.69, 9.17) is 11.5 Å². The van der Waals surface area contributed by atoms with Gasteiger partial charge in [-0.05, 0) is 36.0 Å². The minimum absolute atomic E-state index is 0.00122. The van der Waals surface area contributed by atoms with Crippen LogP contribution in [-0.4, -0.2) is 106 Å². The molecule has 1 aliphatic rings. The number of benzene rings is 3. The van der Waals surface area contributed by atoms with Gasteiger partial charge in [0.1, 0.15) is 30.2 Å². The molecule has 10 N–H and O–H groups in total. The molecule has 3 aromatic carbocycles. The second-order valence-corrected chi connectivity index (χ2v) is 13.3. The van der Waals surface area contributed by atoms with Crippen molar-refractivity contribution < 1.29 is 43.8 Å². The summed E-state index contributed by atoms with van der Waals surface area (Å²) in [4.78, 5) is 92.9. The molecule has 0 spiro atoms. The van der Waals surface area contributed by atoms with Crippen LogP contribution in [0, 0.1) is 0 Å². The van der Waals surface area contributed by atoms with E-state index in [0.717, 1.165) is 5.56 Å². The molecule has 0 aliphatic carbocycles. The van der Waals surface area contributed by atoms with Crippen LogP contribution in [0.3, 0.4) is 0 Å². The number of nitrogens with two attached hydrogens (primary N) is 2. The lowest BCUT2D eigenvalue weighted by molar-refractivity contribution is -0.145. The number of primary amides is 1. The molecule has 292 valence electrons. The number of carboxylic acid groups (broad SMARTS) is 1. The van der Waals surface area contributed by atoms with Crippen molar-refractivity contribution >= 4 is 41.4 Å². The Balaban J connectivity index is 1.48. The van der Waals surface area contributed by atoms with Crippen LogP contribution in [0.25, 0.3) is 0 Å². The summed E-state index contributed by atoms with van der Waals surface area (Å²) in [7, 11) is 0. The number of amides is 6. The lowest BCUT2D eigenvalue weighted by Crippen LogP contribution is -2.60. The number of nitrogens with one attached hydrogen (secondary N) is 4. The molecule has 0 bridgehead atoms. The first kappa shape index (κ1) is 41.6. The Morgan fingerprint density at radius 1 is 0.655 bits per heavy atom. The Morgan fingerprint density at radius 2 is 1.13 bits per heavy atom. The highest BCUT2D eigenvalue weighted by molar-refractivity contribution is 5.98. The molecule has 1 aliphatic heterocycles. The number of nitrogens with zero attached hydrogens (tertiary/aromatic N) is 1. The summed E-state index contributed by atoms with van der Waals surface area (Å²) >= 11 is 0. The number of rotatable bonds is 19. The van der Waals surface area contributed by atoms with Gasteiger partial charge in [-0.2, -0.15) is 0 Å². The molecule has 4 rings (SSSR count). The maximum atomic E-state index is 13.9. The molecule has 6 atom stereocenters. The molecular weight excluding hydrogens is 710 g/mol. The van der Waals surface area contributed by atoms with Crippen LogP contribution < -0.4 is 32.7 Å². The van der Waals surface area contributed by atoms with Gasteiger partial charge in [-0.25, -0.2) is 4.79 Å². The third-order valence-electron chi connectivity index (χ3n) is 9.12. The molecule has 55 heavy (non-hydrogen) atoms. The zero-order valence-electron chi connectivity index (χ0n) is 30.1. The van der Waals surface area contributed by atoms with Gasteiger partial charge in [0.05, 0.1) is 19.1 Å². The van der Waals surface area contributed by atoms with Gasteiger partial charge in [0.2, 0.25) is 35.4 Å². The van der Waals surface area contributed by atoms with Crippen LogP contribution in [0.2, 0.25) is 0 Å². The van der Waals surface area contributed by atoms with Gasteiger partial charge in [0.25, 0.3) is 0 Å². The van der Waals surface area contributed by atoms with Crippen molar-refractivity contribution in [1.29, 1.82) is 0 Å². The first-order valence-electron chi connectivity index (χ1n) is 17.9. The molecule has 1 saturated heterocycles. The number of aliphatic hydroxyl groups excluding tert-OH is 1. The maximum absolute atomic E-state index is 13.9. The van der Waals surface area contributed by atoms with Gasteiger partial charge in [0.15, 0.2) is 0 Å². The summed E-state index contributed by atoms with van der Waals surface area (Å²) in [5.41, 5.74) is 13.6. The van der Waals surface area contributed by atoms with Gasteiger partial charge in [-0.15, -0.1) is 0 Å². The van der Waals surface area contributed by atoms with Crippen LogP contribution >= 0.6 is 0 Å². The van der Waals surface area contributed by atoms with Crippen LogP contribution in [0.1, 0.15) is 36.0 Å². The summed E-state index contributed by atoms with van der Waals surface area (Å²) in [6.45, 7) is -0.752. The average Bonchev–Trinajstić information content (AvgIpc) is 3.67. The fraction of sp³-hybridized carbons (Fsp3) is 0.359. The second-order valence-electron chi connectivity index (χ2n) is 13.3. The summed E-state index contributed by atoms with van der Waals surface area (Å²) in [6, 6.07) is 18.3. The fourth-order valence-corrected chi connectivity index (χ4v) is 6.26. The summed E-state index contributed by atoms with van der Waals surface area (Å²) in [6.07, 6.45) is -0.00710. The highest BCUT2D eigenvalue weighted by Crippen LogP contribution is 2.20. The third kappa shape index (κ3) is 12.5. The Hall–Kier alpha value is -6.13. The molecule has 0 aromatic heterocycles. The van der Waals surface area contributed by atoms with Crippen molar-refractivity contribution in [3.8, 4) is 0 Å². The number of carbonyl (C=O) groups excluding carboxylic acids is 6. The first-order chi connectivity index (χ1) is 26.4. The zero-order chi connectivity index (χ0) is 39.9. The fourth-order valence-electron chi connectivity index (χ4n) is 6.26. The quantitative estimate of drug-likeness (QED) is 0.0734. The number of carboxylic acids is 1. The van der Waals surface area contributed by atoms with Gasteiger partial charge in [0, 0.05) is 19.4 Å². The predicted molar refractivity (Wildman–Crippen MR) is 199 cm³/mol. The molecule has 0 saturated carbocycles. The Labute approximate surface area is 318 Å². The molecule has 6 amide bonds. The normalized spacial score (nSPS) is 16.4. The minimum atomic E-state index is -1.56. The maximum Gasteiger partial charge on any atom is 0.326 e. The highest BCUT2D eigenvalue weighted by atomic mass is 16.4. The Morgan fingerprint density at radius 3 is 1.64 bits per heavy atom. The zero-order valence-corrected chi connectivity index (χ0v) is 30.1. The predicted octanol–water partition coefficient (Wildman–Crippen LogP) is -1.08.